The van der Waals surface area contributed by atoms with Gasteiger partial charge >= 0.3 is 0 Å². The van der Waals surface area contributed by atoms with Crippen molar-refractivity contribution in [3.63, 3.8) is 0 Å². The number of hydrogen-bond donors (Lipinski definition) is 1. The minimum Gasteiger partial charge on any atom is -0.376 e. The number of nitrogens with one attached hydrogen (secondary N) is 1. The zero-order valence-electron chi connectivity index (χ0n) is 11.5. The quantitative estimate of drug-likeness (QED) is 0.857. The van der Waals surface area contributed by atoms with Crippen molar-refractivity contribution in [3.8, 4) is 0 Å². The van der Waals surface area contributed by atoms with Gasteiger partial charge in [0.05, 0.1) is 12.7 Å². The van der Waals surface area contributed by atoms with Crippen LogP contribution in [0.4, 0.5) is 0 Å². The van der Waals surface area contributed by atoms with Gasteiger partial charge in [0.15, 0.2) is 0 Å². The molecule has 2 fully saturated rings. The molecular weight excluding hydrogens is 246 g/mol. The van der Waals surface area contributed by atoms with Crippen LogP contribution in [0.3, 0.4) is 0 Å². The minimum absolute atomic E-state index is 0.222. The van der Waals surface area contributed by atoms with Crippen LogP contribution in [-0.2, 0) is 9.53 Å². The van der Waals surface area contributed by atoms with Crippen molar-refractivity contribution in [2.45, 2.75) is 45.6 Å². The lowest BCUT2D eigenvalue weighted by Gasteiger charge is -2.34. The maximum absolute atomic E-state index is 12.0. The first-order valence-corrected chi connectivity index (χ1v) is 8.19. The van der Waals surface area contributed by atoms with Gasteiger partial charge in [0, 0.05) is 12.5 Å². The number of carbonyl (C=O) groups excluding carboxylic acids is 1. The second kappa shape index (κ2) is 6.29. The molecular formula is C14H25NO2S. The Balaban J connectivity index is 1.67. The Morgan fingerprint density at radius 3 is 2.67 bits per heavy atom. The molecule has 2 rings (SSSR count). The number of thioether (sulfide) groups is 1. The Morgan fingerprint density at radius 2 is 2.06 bits per heavy atom. The van der Waals surface area contributed by atoms with Crippen molar-refractivity contribution < 1.29 is 9.53 Å². The summed E-state index contributed by atoms with van der Waals surface area (Å²) in [6.07, 6.45) is 4.55. The molecule has 1 atom stereocenters. The predicted molar refractivity (Wildman–Crippen MR) is 75.8 cm³/mol. The summed E-state index contributed by atoms with van der Waals surface area (Å²) in [5.41, 5.74) is 0.307. The van der Waals surface area contributed by atoms with E-state index in [0.29, 0.717) is 12.0 Å². The fourth-order valence-electron chi connectivity index (χ4n) is 2.53. The smallest absolute Gasteiger partial charge is 0.223 e. The van der Waals surface area contributed by atoms with E-state index in [0.717, 1.165) is 37.4 Å². The zero-order chi connectivity index (χ0) is 13.0. The van der Waals surface area contributed by atoms with Gasteiger partial charge in [0.1, 0.15) is 0 Å². The first-order valence-electron chi connectivity index (χ1n) is 7.04. The number of ether oxygens (including phenoxy) is 1. The highest BCUT2D eigenvalue weighted by Gasteiger charge is 2.28. The van der Waals surface area contributed by atoms with Crippen LogP contribution in [0.1, 0.15) is 39.5 Å². The van der Waals surface area contributed by atoms with E-state index >= 15 is 0 Å². The Bertz CT molecular complexity index is 278. The molecule has 0 aromatic carbocycles. The van der Waals surface area contributed by atoms with Gasteiger partial charge < -0.3 is 10.1 Å². The highest BCUT2D eigenvalue weighted by atomic mass is 32.2. The maximum atomic E-state index is 12.0. The van der Waals surface area contributed by atoms with Crippen LogP contribution in [0.15, 0.2) is 0 Å². The van der Waals surface area contributed by atoms with Crippen molar-refractivity contribution in [3.05, 3.63) is 0 Å². The minimum atomic E-state index is 0.222. The molecule has 2 aliphatic rings. The van der Waals surface area contributed by atoms with E-state index in [4.69, 9.17) is 4.74 Å². The third-order valence-corrected chi connectivity index (χ3v) is 5.00. The molecule has 0 spiro atoms. The van der Waals surface area contributed by atoms with E-state index in [9.17, 15) is 4.79 Å². The summed E-state index contributed by atoms with van der Waals surface area (Å²) in [6.45, 7) is 5.98. The SMILES string of the molecule is CC1(C)CCC(CNC(=O)C2CCSCC2)OC1. The van der Waals surface area contributed by atoms with Crippen LogP contribution >= 0.6 is 11.8 Å². The molecule has 1 unspecified atom stereocenters. The molecule has 2 saturated heterocycles. The topological polar surface area (TPSA) is 38.3 Å². The molecule has 2 aliphatic heterocycles. The molecule has 2 heterocycles. The van der Waals surface area contributed by atoms with Gasteiger partial charge in [-0.1, -0.05) is 13.8 Å². The molecule has 0 aromatic rings. The summed E-state index contributed by atoms with van der Waals surface area (Å²) in [4.78, 5) is 12.0. The monoisotopic (exact) mass is 271 g/mol. The van der Waals surface area contributed by atoms with Crippen molar-refractivity contribution in [2.24, 2.45) is 11.3 Å². The molecule has 0 aromatic heterocycles. The molecule has 0 aliphatic carbocycles. The first-order chi connectivity index (χ1) is 8.57. The standard InChI is InChI=1S/C14H25NO2S/c1-14(2)6-3-12(17-10-14)9-15-13(16)11-4-7-18-8-5-11/h11-12H,3-10H2,1-2H3,(H,15,16). The average molecular weight is 271 g/mol. The van der Waals surface area contributed by atoms with E-state index < -0.39 is 0 Å². The van der Waals surface area contributed by atoms with Gasteiger partial charge in [-0.3, -0.25) is 4.79 Å². The molecule has 0 radical (unpaired) electrons. The summed E-state index contributed by atoms with van der Waals surface area (Å²) >= 11 is 1.96. The van der Waals surface area contributed by atoms with E-state index in [1.54, 1.807) is 0 Å². The molecule has 1 amide bonds. The average Bonchev–Trinajstić information content (AvgIpc) is 2.38. The van der Waals surface area contributed by atoms with E-state index in [1.165, 1.54) is 6.42 Å². The van der Waals surface area contributed by atoms with Gasteiger partial charge in [-0.25, -0.2) is 0 Å². The van der Waals surface area contributed by atoms with Gasteiger partial charge in [0.2, 0.25) is 5.91 Å². The maximum Gasteiger partial charge on any atom is 0.223 e. The van der Waals surface area contributed by atoms with Crippen molar-refractivity contribution >= 4 is 17.7 Å². The Labute approximate surface area is 114 Å². The molecule has 104 valence electrons. The highest BCUT2D eigenvalue weighted by Crippen LogP contribution is 2.29. The molecule has 0 saturated carbocycles. The van der Waals surface area contributed by atoms with Crippen LogP contribution in [0.5, 0.6) is 0 Å². The van der Waals surface area contributed by atoms with Crippen molar-refractivity contribution in [1.82, 2.24) is 5.32 Å². The summed E-state index contributed by atoms with van der Waals surface area (Å²) in [5.74, 6) is 2.74. The second-order valence-corrected chi connectivity index (χ2v) is 7.49. The van der Waals surface area contributed by atoms with Gasteiger partial charge in [-0.15, -0.1) is 0 Å². The number of rotatable bonds is 3. The molecule has 18 heavy (non-hydrogen) atoms. The zero-order valence-corrected chi connectivity index (χ0v) is 12.4. The molecule has 4 heteroatoms. The lowest BCUT2D eigenvalue weighted by Crippen LogP contribution is -2.42. The Hall–Kier alpha value is -0.220. The first kappa shape index (κ1) is 14.2. The van der Waals surface area contributed by atoms with Gasteiger partial charge in [-0.2, -0.15) is 11.8 Å². The van der Waals surface area contributed by atoms with Crippen LogP contribution in [0, 0.1) is 11.3 Å². The summed E-state index contributed by atoms with van der Waals surface area (Å²) in [6, 6.07) is 0. The lowest BCUT2D eigenvalue weighted by molar-refractivity contribution is -0.126. The fourth-order valence-corrected chi connectivity index (χ4v) is 3.64. The third-order valence-electron chi connectivity index (χ3n) is 3.95. The van der Waals surface area contributed by atoms with Crippen LogP contribution < -0.4 is 5.32 Å². The second-order valence-electron chi connectivity index (χ2n) is 6.27. The Kier molecular flexibility index (Phi) is 4.96. The molecule has 1 N–H and O–H groups in total. The number of amides is 1. The van der Waals surface area contributed by atoms with Gasteiger partial charge in [-0.05, 0) is 42.6 Å². The van der Waals surface area contributed by atoms with Crippen LogP contribution in [-0.4, -0.2) is 36.7 Å². The number of hydrogen-bond acceptors (Lipinski definition) is 3. The van der Waals surface area contributed by atoms with Crippen LogP contribution in [0.25, 0.3) is 0 Å². The highest BCUT2D eigenvalue weighted by molar-refractivity contribution is 7.99. The third kappa shape index (κ3) is 4.16. The lowest BCUT2D eigenvalue weighted by atomic mass is 9.85. The van der Waals surface area contributed by atoms with Gasteiger partial charge in [0.25, 0.3) is 0 Å². The van der Waals surface area contributed by atoms with Crippen LogP contribution in [0.2, 0.25) is 0 Å². The predicted octanol–water partition coefficient (Wildman–Crippen LogP) is 2.45. The summed E-state index contributed by atoms with van der Waals surface area (Å²) in [7, 11) is 0. The summed E-state index contributed by atoms with van der Waals surface area (Å²) < 4.78 is 5.81. The Morgan fingerprint density at radius 1 is 1.33 bits per heavy atom. The normalized spacial score (nSPS) is 28.9. The molecule has 0 bridgehead atoms. The van der Waals surface area contributed by atoms with Crippen molar-refractivity contribution in [2.75, 3.05) is 24.7 Å². The summed E-state index contributed by atoms with van der Waals surface area (Å²) in [5, 5.41) is 3.08. The fraction of sp³-hybridized carbons (Fsp3) is 0.929. The van der Waals surface area contributed by atoms with E-state index in [-0.39, 0.29) is 17.9 Å². The van der Waals surface area contributed by atoms with E-state index in [2.05, 4.69) is 19.2 Å². The largest absolute Gasteiger partial charge is 0.376 e. The van der Waals surface area contributed by atoms with Crippen molar-refractivity contribution in [1.29, 1.82) is 0 Å². The van der Waals surface area contributed by atoms with E-state index in [1.807, 2.05) is 11.8 Å². The number of carbonyl (C=O) groups is 1. The molecule has 3 nitrogen and oxygen atoms in total.